The smallest absolute Gasteiger partial charge is 0.137 e. The van der Waals surface area contributed by atoms with Crippen LogP contribution in [0.15, 0.2) is 53.1 Å². The van der Waals surface area contributed by atoms with Gasteiger partial charge in [-0.2, -0.15) is 0 Å². The number of rotatable bonds is 3. The van der Waals surface area contributed by atoms with E-state index in [1.54, 1.807) is 0 Å². The quantitative estimate of drug-likeness (QED) is 0.598. The number of fused-ring (bicyclic) bond motifs is 3. The molecule has 5 heteroatoms. The molecule has 2 aromatic heterocycles. The van der Waals surface area contributed by atoms with E-state index in [2.05, 4.69) is 100.0 Å². The van der Waals surface area contributed by atoms with Crippen molar-refractivity contribution in [2.75, 3.05) is 13.1 Å². The Labute approximate surface area is 181 Å². The summed E-state index contributed by atoms with van der Waals surface area (Å²) in [6.45, 7) is 10.3. The number of hydrogen-bond donors (Lipinski definition) is 1. The Morgan fingerprint density at radius 2 is 1.97 bits per heavy atom. The van der Waals surface area contributed by atoms with Gasteiger partial charge < -0.3 is 9.72 Å². The maximum Gasteiger partial charge on any atom is 0.137 e. The van der Waals surface area contributed by atoms with Gasteiger partial charge in [-0.15, -0.1) is 0 Å². The van der Waals surface area contributed by atoms with E-state index in [0.29, 0.717) is 6.04 Å². The maximum atomic E-state index is 5.04. The van der Waals surface area contributed by atoms with Gasteiger partial charge in [0.1, 0.15) is 5.65 Å². The van der Waals surface area contributed by atoms with E-state index in [9.17, 15) is 0 Å². The molecule has 2 fully saturated rings. The Morgan fingerprint density at radius 1 is 1.17 bits per heavy atom. The van der Waals surface area contributed by atoms with Crippen LogP contribution in [0.5, 0.6) is 0 Å². The molecule has 4 heterocycles. The van der Waals surface area contributed by atoms with Gasteiger partial charge in [0, 0.05) is 47.4 Å². The van der Waals surface area contributed by atoms with E-state index in [1.807, 2.05) is 0 Å². The first-order valence-electron chi connectivity index (χ1n) is 10.6. The van der Waals surface area contributed by atoms with Gasteiger partial charge in [-0.3, -0.25) is 4.90 Å². The molecule has 2 aliphatic rings. The third-order valence-electron chi connectivity index (χ3n) is 7.14. The van der Waals surface area contributed by atoms with Crippen LogP contribution in [0.2, 0.25) is 0 Å². The van der Waals surface area contributed by atoms with Crippen molar-refractivity contribution < 1.29 is 0 Å². The van der Waals surface area contributed by atoms with Crippen LogP contribution >= 0.6 is 15.9 Å². The van der Waals surface area contributed by atoms with E-state index in [0.717, 1.165) is 35.4 Å². The molecule has 2 aliphatic heterocycles. The molecule has 2 saturated heterocycles. The first-order valence-corrected chi connectivity index (χ1v) is 11.4. The van der Waals surface area contributed by atoms with E-state index >= 15 is 0 Å². The molecule has 0 amide bonds. The van der Waals surface area contributed by atoms with Crippen LogP contribution in [0.4, 0.5) is 0 Å². The Kier molecular flexibility index (Phi) is 4.61. The minimum absolute atomic E-state index is 0.186. The number of piperazine rings is 1. The van der Waals surface area contributed by atoms with Crippen LogP contribution < -0.4 is 5.32 Å². The van der Waals surface area contributed by atoms with Crippen molar-refractivity contribution in [2.45, 2.75) is 51.7 Å². The molecule has 4 nitrogen and oxygen atoms in total. The van der Waals surface area contributed by atoms with Crippen LogP contribution in [0.25, 0.3) is 16.9 Å². The fraction of sp³-hybridized carbons (Fsp3) is 0.458. The summed E-state index contributed by atoms with van der Waals surface area (Å²) in [7, 11) is 0. The maximum absolute atomic E-state index is 5.04. The average molecular weight is 453 g/mol. The summed E-state index contributed by atoms with van der Waals surface area (Å²) in [5, 5.41) is 3.72. The second kappa shape index (κ2) is 6.93. The van der Waals surface area contributed by atoms with Gasteiger partial charge in [-0.05, 0) is 42.5 Å². The predicted molar refractivity (Wildman–Crippen MR) is 122 cm³/mol. The summed E-state index contributed by atoms with van der Waals surface area (Å²) in [5.41, 5.74) is 5.00. The minimum Gasteiger partial charge on any atom is -0.313 e. The van der Waals surface area contributed by atoms with Crippen molar-refractivity contribution in [3.63, 3.8) is 0 Å². The minimum atomic E-state index is 0.186. The molecule has 0 aliphatic carbocycles. The van der Waals surface area contributed by atoms with Gasteiger partial charge in [0.2, 0.25) is 0 Å². The van der Waals surface area contributed by atoms with Gasteiger partial charge in [0.15, 0.2) is 0 Å². The van der Waals surface area contributed by atoms with Gasteiger partial charge >= 0.3 is 0 Å². The van der Waals surface area contributed by atoms with Gasteiger partial charge in [-0.1, -0.05) is 54.9 Å². The van der Waals surface area contributed by atoms with Crippen molar-refractivity contribution in [1.29, 1.82) is 0 Å². The Bertz CT molecular complexity index is 1030. The number of aromatic nitrogens is 2. The Hall–Kier alpha value is -1.69. The Balaban J connectivity index is 1.63. The zero-order chi connectivity index (χ0) is 20.2. The van der Waals surface area contributed by atoms with Gasteiger partial charge in [0.05, 0.1) is 11.4 Å². The second-order valence-electron chi connectivity index (χ2n) is 9.58. The van der Waals surface area contributed by atoms with Gasteiger partial charge in [0.25, 0.3) is 0 Å². The van der Waals surface area contributed by atoms with E-state index in [-0.39, 0.29) is 11.0 Å². The largest absolute Gasteiger partial charge is 0.313 e. The van der Waals surface area contributed by atoms with E-state index in [1.165, 1.54) is 24.1 Å². The zero-order valence-corrected chi connectivity index (χ0v) is 19.0. The summed E-state index contributed by atoms with van der Waals surface area (Å²) in [4.78, 5) is 7.83. The highest BCUT2D eigenvalue weighted by Crippen LogP contribution is 2.48. The number of imidazole rings is 1. The summed E-state index contributed by atoms with van der Waals surface area (Å²) in [6, 6.07) is 15.4. The van der Waals surface area contributed by atoms with Crippen molar-refractivity contribution in [3.8, 4) is 11.3 Å². The summed E-state index contributed by atoms with van der Waals surface area (Å²) in [6.07, 6.45) is 4.70. The molecule has 1 N–H and O–H groups in total. The number of nitrogens with one attached hydrogen (secondary N) is 1. The van der Waals surface area contributed by atoms with E-state index < -0.39 is 0 Å². The lowest BCUT2D eigenvalue weighted by atomic mass is 9.71. The third-order valence-corrected chi connectivity index (χ3v) is 7.67. The Morgan fingerprint density at radius 3 is 2.72 bits per heavy atom. The lowest BCUT2D eigenvalue weighted by Crippen LogP contribution is -2.65. The fourth-order valence-corrected chi connectivity index (χ4v) is 5.72. The molecule has 29 heavy (non-hydrogen) atoms. The summed E-state index contributed by atoms with van der Waals surface area (Å²) < 4.78 is 3.38. The molecule has 152 valence electrons. The second-order valence-corrected chi connectivity index (χ2v) is 10.5. The number of pyridine rings is 1. The molecule has 3 aromatic rings. The molecule has 2 bridgehead atoms. The highest BCUT2D eigenvalue weighted by atomic mass is 79.9. The third kappa shape index (κ3) is 3.06. The number of benzene rings is 1. The van der Waals surface area contributed by atoms with Gasteiger partial charge in [-0.25, -0.2) is 4.98 Å². The molecule has 2 unspecified atom stereocenters. The van der Waals surface area contributed by atoms with Crippen LogP contribution in [-0.4, -0.2) is 39.0 Å². The van der Waals surface area contributed by atoms with Crippen LogP contribution in [-0.2, 0) is 6.54 Å². The zero-order valence-electron chi connectivity index (χ0n) is 17.5. The highest BCUT2D eigenvalue weighted by Gasteiger charge is 2.55. The number of hydrogen-bond acceptors (Lipinski definition) is 3. The number of nitrogens with zero attached hydrogens (tertiary/aromatic N) is 3. The predicted octanol–water partition coefficient (Wildman–Crippen LogP) is 5.12. The van der Waals surface area contributed by atoms with Crippen molar-refractivity contribution in [1.82, 2.24) is 19.6 Å². The highest BCUT2D eigenvalue weighted by molar-refractivity contribution is 9.10. The van der Waals surface area contributed by atoms with Crippen molar-refractivity contribution in [3.05, 3.63) is 58.8 Å². The average Bonchev–Trinajstić information content (AvgIpc) is 3.14. The number of halogens is 1. The molecule has 5 rings (SSSR count). The van der Waals surface area contributed by atoms with Crippen LogP contribution in [0, 0.1) is 5.41 Å². The molecular weight excluding hydrogens is 424 g/mol. The topological polar surface area (TPSA) is 32.6 Å². The lowest BCUT2D eigenvalue weighted by Gasteiger charge is -2.53. The first kappa shape index (κ1) is 19.3. The normalized spacial score (nSPS) is 25.0. The summed E-state index contributed by atoms with van der Waals surface area (Å²) in [5.74, 6) is 0. The molecule has 0 spiro atoms. The van der Waals surface area contributed by atoms with E-state index in [4.69, 9.17) is 4.98 Å². The molecule has 0 saturated carbocycles. The SMILES string of the molecule is CC(C)(C)C12CCC(CNC1)N2Cc1c(-c2ccc(Br)cc2)nc2ccccn12. The summed E-state index contributed by atoms with van der Waals surface area (Å²) >= 11 is 3.56. The lowest BCUT2D eigenvalue weighted by molar-refractivity contribution is -0.0220. The molecule has 0 radical (unpaired) electrons. The van der Waals surface area contributed by atoms with Crippen molar-refractivity contribution in [2.24, 2.45) is 5.41 Å². The van der Waals surface area contributed by atoms with Crippen LogP contribution in [0.1, 0.15) is 39.3 Å². The van der Waals surface area contributed by atoms with Crippen LogP contribution in [0.3, 0.4) is 0 Å². The fourth-order valence-electron chi connectivity index (χ4n) is 5.45. The molecule has 1 aromatic carbocycles. The molecule has 2 atom stereocenters. The molecular formula is C24H29BrN4. The standard InChI is InChI=1S/C24H29BrN4/c1-23(2,3)24-12-11-19(14-26-16-24)29(24)15-20-22(17-7-9-18(25)10-8-17)27-21-6-4-5-13-28(20)21/h4-10,13,19,26H,11-12,14-16H2,1-3H3. The van der Waals surface area contributed by atoms with Crippen molar-refractivity contribution >= 4 is 21.6 Å². The monoisotopic (exact) mass is 452 g/mol. The first-order chi connectivity index (χ1) is 13.9.